The molecule has 52 heavy (non-hydrogen) atoms. The quantitative estimate of drug-likeness (QED) is 0.109. The van der Waals surface area contributed by atoms with Crippen LogP contribution in [0.2, 0.25) is 0 Å². The summed E-state index contributed by atoms with van der Waals surface area (Å²) in [4.78, 5) is 0. The van der Waals surface area contributed by atoms with Crippen molar-refractivity contribution in [3.05, 3.63) is 161 Å². The number of benzene rings is 6. The van der Waals surface area contributed by atoms with Crippen LogP contribution in [0.5, 0.6) is 17.2 Å². The van der Waals surface area contributed by atoms with Gasteiger partial charge in [-0.15, -0.1) is 0 Å². The molecule has 6 aromatic carbocycles. The van der Waals surface area contributed by atoms with E-state index in [1.165, 1.54) is 0 Å². The van der Waals surface area contributed by atoms with Crippen LogP contribution < -0.4 is 14.0 Å². The molecule has 0 radical (unpaired) electrons. The average Bonchev–Trinajstić information content (AvgIpc) is 3.09. The molecule has 3 nitrogen and oxygen atoms in total. The first-order chi connectivity index (χ1) is 24.7. The largest absolute Gasteiger partial charge is 0.864 e. The molecule has 0 aromatic heterocycles. The first-order valence-electron chi connectivity index (χ1n) is 14.5. The van der Waals surface area contributed by atoms with Crippen LogP contribution in [0.4, 0.5) is 52.7 Å². The third-order valence-corrected chi connectivity index (χ3v) is 7.37. The first-order valence-corrected chi connectivity index (χ1v) is 14.5. The summed E-state index contributed by atoms with van der Waals surface area (Å²) in [6.07, 6.45) is 0. The molecule has 0 aliphatic heterocycles. The van der Waals surface area contributed by atoms with Gasteiger partial charge in [-0.1, -0.05) is 18.2 Å². The van der Waals surface area contributed by atoms with E-state index >= 15 is 13.2 Å². The van der Waals surface area contributed by atoms with Crippen molar-refractivity contribution in [3.8, 4) is 50.6 Å². The van der Waals surface area contributed by atoms with Crippen molar-refractivity contribution < 1.29 is 66.6 Å². The molecule has 0 bridgehead atoms. The Morgan fingerprint density at radius 1 is 0.308 bits per heavy atom. The maximum absolute atomic E-state index is 15.8. The van der Waals surface area contributed by atoms with Gasteiger partial charge in [0.05, 0.1) is 0 Å². The SMILES string of the molecule is Fc1cc(OB(Oc2cc(F)cc(-c3ccc(F)c(F)c3)c2F)Oc2cc(F)cc(-c3ccc(F)c(F)c3)c2F)c(F)c(-c2ccc(F)c(F)c2)c1. The normalized spacial score (nSPS) is 11.1. The summed E-state index contributed by atoms with van der Waals surface area (Å²) < 4.78 is 190. The highest BCUT2D eigenvalue weighted by Crippen LogP contribution is 2.36. The second-order valence-corrected chi connectivity index (χ2v) is 10.8. The van der Waals surface area contributed by atoms with Crippen LogP contribution in [-0.2, 0) is 0 Å². The van der Waals surface area contributed by atoms with E-state index < -0.39 is 128 Å². The Labute approximate surface area is 285 Å². The van der Waals surface area contributed by atoms with Crippen LogP contribution >= 0.6 is 0 Å². The van der Waals surface area contributed by atoms with E-state index in [1.807, 2.05) is 0 Å². The highest BCUT2D eigenvalue weighted by Gasteiger charge is 2.36. The monoisotopic (exact) mass is 734 g/mol. The molecule has 0 heterocycles. The van der Waals surface area contributed by atoms with Crippen LogP contribution in [0.15, 0.2) is 91.0 Å². The van der Waals surface area contributed by atoms with Crippen LogP contribution in [0.3, 0.4) is 0 Å². The zero-order valence-corrected chi connectivity index (χ0v) is 25.5. The summed E-state index contributed by atoms with van der Waals surface area (Å²) in [5, 5.41) is 0. The molecule has 0 spiro atoms. The average molecular weight is 734 g/mol. The third-order valence-electron chi connectivity index (χ3n) is 7.37. The van der Waals surface area contributed by atoms with Gasteiger partial charge in [0.15, 0.2) is 52.4 Å². The van der Waals surface area contributed by atoms with Crippen molar-refractivity contribution in [2.75, 3.05) is 0 Å². The maximum Gasteiger partial charge on any atom is 0.864 e. The molecule has 0 fully saturated rings. The topological polar surface area (TPSA) is 27.7 Å². The van der Waals surface area contributed by atoms with Gasteiger partial charge in [-0.2, -0.15) is 0 Å². The maximum atomic E-state index is 15.8. The van der Waals surface area contributed by atoms with Gasteiger partial charge in [-0.05, 0) is 71.3 Å². The lowest BCUT2D eigenvalue weighted by Crippen LogP contribution is -2.38. The van der Waals surface area contributed by atoms with Crippen molar-refractivity contribution in [1.82, 2.24) is 0 Å². The van der Waals surface area contributed by atoms with Gasteiger partial charge in [-0.3, -0.25) is 0 Å². The van der Waals surface area contributed by atoms with Crippen molar-refractivity contribution in [1.29, 1.82) is 0 Å². The molecule has 0 aliphatic rings. The Bertz CT molecular complexity index is 2100. The van der Waals surface area contributed by atoms with Crippen molar-refractivity contribution in [2.45, 2.75) is 0 Å². The highest BCUT2D eigenvalue weighted by atomic mass is 19.2. The number of hydrogen-bond donors (Lipinski definition) is 0. The van der Waals surface area contributed by atoms with Crippen molar-refractivity contribution in [3.63, 3.8) is 0 Å². The fourth-order valence-corrected chi connectivity index (χ4v) is 4.95. The zero-order chi connectivity index (χ0) is 37.4. The predicted octanol–water partition coefficient (Wildman–Crippen LogP) is 10.9. The zero-order valence-electron chi connectivity index (χ0n) is 25.5. The molecule has 0 N–H and O–H groups in total. The van der Waals surface area contributed by atoms with Gasteiger partial charge < -0.3 is 14.0 Å². The van der Waals surface area contributed by atoms with E-state index in [2.05, 4.69) is 0 Å². The Hall–Kier alpha value is -6.06. The predicted molar refractivity (Wildman–Crippen MR) is 163 cm³/mol. The van der Waals surface area contributed by atoms with Gasteiger partial charge in [0.1, 0.15) is 34.7 Å². The minimum absolute atomic E-state index is 0.377. The Morgan fingerprint density at radius 3 is 0.827 bits per heavy atom. The summed E-state index contributed by atoms with van der Waals surface area (Å²) in [5.41, 5.74) is -3.37. The molecule has 6 aromatic rings. The van der Waals surface area contributed by atoms with E-state index in [-0.39, 0.29) is 0 Å². The van der Waals surface area contributed by atoms with Crippen LogP contribution in [-0.4, -0.2) is 7.32 Å². The molecule has 0 atom stereocenters. The number of halogens is 12. The molecule has 0 aliphatic carbocycles. The molecule has 0 saturated heterocycles. The molecule has 264 valence electrons. The number of hydrogen-bond acceptors (Lipinski definition) is 3. The summed E-state index contributed by atoms with van der Waals surface area (Å²) in [6, 6.07) is 8.85. The van der Waals surface area contributed by atoms with Crippen LogP contribution in [0.25, 0.3) is 33.4 Å². The molecule has 0 unspecified atom stereocenters. The molecular formula is C36H15BF12O3. The minimum atomic E-state index is -2.70. The van der Waals surface area contributed by atoms with Crippen LogP contribution in [0.1, 0.15) is 0 Å². The molecule has 6 rings (SSSR count). The Kier molecular flexibility index (Phi) is 9.82. The van der Waals surface area contributed by atoms with Crippen molar-refractivity contribution >= 4 is 7.32 Å². The van der Waals surface area contributed by atoms with Gasteiger partial charge in [0, 0.05) is 34.9 Å². The first kappa shape index (κ1) is 35.8. The minimum Gasteiger partial charge on any atom is -0.487 e. The van der Waals surface area contributed by atoms with E-state index in [4.69, 9.17) is 14.0 Å². The molecule has 0 saturated carbocycles. The lowest BCUT2D eigenvalue weighted by Gasteiger charge is -2.20. The van der Waals surface area contributed by atoms with Gasteiger partial charge in [0.25, 0.3) is 0 Å². The van der Waals surface area contributed by atoms with Crippen molar-refractivity contribution in [2.24, 2.45) is 0 Å². The van der Waals surface area contributed by atoms with Gasteiger partial charge >= 0.3 is 7.32 Å². The summed E-state index contributed by atoms with van der Waals surface area (Å²) in [7, 11) is -2.70. The fraction of sp³-hybridized carbons (Fsp3) is 0. The lowest BCUT2D eigenvalue weighted by molar-refractivity contribution is 0.286. The number of rotatable bonds is 9. The highest BCUT2D eigenvalue weighted by molar-refractivity contribution is 6.39. The lowest BCUT2D eigenvalue weighted by atomic mass is 10.0. The second-order valence-electron chi connectivity index (χ2n) is 10.8. The van der Waals surface area contributed by atoms with E-state index in [0.29, 0.717) is 72.8 Å². The van der Waals surface area contributed by atoms with E-state index in [0.717, 1.165) is 18.2 Å². The summed E-state index contributed by atoms with van der Waals surface area (Å²) in [5.74, 6) is -20.0. The van der Waals surface area contributed by atoms with E-state index in [9.17, 15) is 39.5 Å². The summed E-state index contributed by atoms with van der Waals surface area (Å²) in [6.45, 7) is 0. The van der Waals surface area contributed by atoms with E-state index in [1.54, 1.807) is 0 Å². The third kappa shape index (κ3) is 7.36. The molecular weight excluding hydrogens is 719 g/mol. The summed E-state index contributed by atoms with van der Waals surface area (Å²) >= 11 is 0. The van der Waals surface area contributed by atoms with Gasteiger partial charge in [-0.25, -0.2) is 52.7 Å². The Morgan fingerprint density at radius 2 is 0.577 bits per heavy atom. The Balaban J connectivity index is 1.46. The van der Waals surface area contributed by atoms with Crippen LogP contribution in [0, 0.1) is 69.8 Å². The second kappa shape index (κ2) is 14.3. The fourth-order valence-electron chi connectivity index (χ4n) is 4.95. The standard InChI is InChI=1S/C36H15BF12O3/c38-19-10-22(16-1-4-25(41)28(44)7-16)34(47)31(13-19)50-37(51-32-14-20(39)11-23(35(32)48)17-2-5-26(42)29(45)8-17)52-33-15-21(40)12-24(36(33)49)18-3-6-27(43)30(46)9-18/h1-15H. The molecule has 0 amide bonds. The smallest absolute Gasteiger partial charge is 0.487 e. The molecule has 16 heteroatoms. The van der Waals surface area contributed by atoms with Gasteiger partial charge in [0.2, 0.25) is 0 Å².